The smallest absolute Gasteiger partial charge is 0.226 e. The molecule has 2 heterocycles. The Bertz CT molecular complexity index is 692. The zero-order valence-electron chi connectivity index (χ0n) is 15.4. The van der Waals surface area contributed by atoms with E-state index in [1.165, 1.54) is 18.4 Å². The Hall–Kier alpha value is -2.11. The summed E-state index contributed by atoms with van der Waals surface area (Å²) in [4.78, 5) is 26.7. The first-order valence-corrected chi connectivity index (χ1v) is 9.19. The first-order valence-electron chi connectivity index (χ1n) is 9.19. The zero-order chi connectivity index (χ0) is 18.0. The number of rotatable bonds is 5. The highest BCUT2D eigenvalue weighted by Gasteiger charge is 2.43. The van der Waals surface area contributed by atoms with Crippen LogP contribution in [0.3, 0.4) is 0 Å². The molecule has 3 rings (SSSR count). The standard InChI is InChI=1S/C19H28N4O2/c1-13-16(12-21-23(13)3)18-15(11-17(24)22(18)2)19(25)20-10-9-14-7-5-4-6-8-14/h7,12,15,18H,4-6,8-11H2,1-3H3,(H,20,25)/t15-,18-/m0/s1. The maximum Gasteiger partial charge on any atom is 0.226 e. The molecule has 2 amide bonds. The van der Waals surface area contributed by atoms with Crippen LogP contribution in [0, 0.1) is 12.8 Å². The van der Waals surface area contributed by atoms with Gasteiger partial charge >= 0.3 is 0 Å². The second kappa shape index (κ2) is 7.42. The predicted octanol–water partition coefficient (Wildman–Crippen LogP) is 2.25. The summed E-state index contributed by atoms with van der Waals surface area (Å²) in [6.07, 6.45) is 10.1. The minimum Gasteiger partial charge on any atom is -0.355 e. The number of carbonyl (C=O) groups is 2. The van der Waals surface area contributed by atoms with Crippen LogP contribution in [0.5, 0.6) is 0 Å². The first-order chi connectivity index (χ1) is 12.0. The second-order valence-electron chi connectivity index (χ2n) is 7.22. The molecular formula is C19H28N4O2. The van der Waals surface area contributed by atoms with Gasteiger partial charge in [0.2, 0.25) is 11.8 Å². The maximum absolute atomic E-state index is 12.7. The second-order valence-corrected chi connectivity index (χ2v) is 7.22. The molecule has 136 valence electrons. The lowest BCUT2D eigenvalue weighted by Crippen LogP contribution is -2.35. The molecule has 1 aliphatic carbocycles. The van der Waals surface area contributed by atoms with Crippen LogP contribution in [0.2, 0.25) is 0 Å². The summed E-state index contributed by atoms with van der Waals surface area (Å²) in [6, 6.07) is -0.227. The van der Waals surface area contributed by atoms with Gasteiger partial charge in [-0.25, -0.2) is 0 Å². The normalized spacial score (nSPS) is 23.7. The Labute approximate surface area is 149 Å². The summed E-state index contributed by atoms with van der Waals surface area (Å²) >= 11 is 0. The Morgan fingerprint density at radius 3 is 2.80 bits per heavy atom. The highest BCUT2D eigenvalue weighted by atomic mass is 16.2. The van der Waals surface area contributed by atoms with E-state index in [-0.39, 0.29) is 30.2 Å². The Morgan fingerprint density at radius 1 is 1.36 bits per heavy atom. The largest absolute Gasteiger partial charge is 0.355 e. The first kappa shape index (κ1) is 17.7. The summed E-state index contributed by atoms with van der Waals surface area (Å²) in [5.74, 6) is -0.355. The highest BCUT2D eigenvalue weighted by molar-refractivity contribution is 5.90. The van der Waals surface area contributed by atoms with Crippen molar-refractivity contribution in [2.75, 3.05) is 13.6 Å². The monoisotopic (exact) mass is 344 g/mol. The summed E-state index contributed by atoms with van der Waals surface area (Å²) in [6.45, 7) is 2.63. The molecule has 1 fully saturated rings. The van der Waals surface area contributed by atoms with Gasteiger partial charge in [-0.3, -0.25) is 14.3 Å². The molecule has 6 nitrogen and oxygen atoms in total. The van der Waals surface area contributed by atoms with Gasteiger partial charge < -0.3 is 10.2 Å². The van der Waals surface area contributed by atoms with E-state index in [1.807, 2.05) is 14.0 Å². The molecule has 25 heavy (non-hydrogen) atoms. The van der Waals surface area contributed by atoms with Crippen LogP contribution < -0.4 is 5.32 Å². The van der Waals surface area contributed by atoms with Crippen molar-refractivity contribution in [3.63, 3.8) is 0 Å². The molecule has 0 spiro atoms. The molecule has 1 saturated heterocycles. The molecule has 0 bridgehead atoms. The lowest BCUT2D eigenvalue weighted by molar-refractivity contribution is -0.128. The minimum absolute atomic E-state index is 0.0170. The Balaban J connectivity index is 1.66. The van der Waals surface area contributed by atoms with E-state index in [4.69, 9.17) is 0 Å². The Kier molecular flexibility index (Phi) is 5.25. The van der Waals surface area contributed by atoms with Gasteiger partial charge in [-0.15, -0.1) is 0 Å². The SMILES string of the molecule is Cc1c([C@@H]2[C@@H](C(=O)NCCC3=CCCCC3)CC(=O)N2C)cnn1C. The van der Waals surface area contributed by atoms with Crippen molar-refractivity contribution in [3.8, 4) is 0 Å². The number of nitrogens with zero attached hydrogens (tertiary/aromatic N) is 3. The van der Waals surface area contributed by atoms with Crippen LogP contribution in [0.4, 0.5) is 0 Å². The van der Waals surface area contributed by atoms with E-state index >= 15 is 0 Å². The molecule has 2 atom stereocenters. The topological polar surface area (TPSA) is 67.2 Å². The fourth-order valence-electron chi connectivity index (χ4n) is 3.95. The van der Waals surface area contributed by atoms with Gasteiger partial charge in [0, 0.05) is 38.3 Å². The number of hydrogen-bond acceptors (Lipinski definition) is 3. The van der Waals surface area contributed by atoms with E-state index in [9.17, 15) is 9.59 Å². The van der Waals surface area contributed by atoms with Gasteiger partial charge in [0.25, 0.3) is 0 Å². The van der Waals surface area contributed by atoms with Crippen LogP contribution in [-0.4, -0.2) is 40.1 Å². The summed E-state index contributed by atoms with van der Waals surface area (Å²) in [7, 11) is 3.65. The van der Waals surface area contributed by atoms with Crippen molar-refractivity contribution in [1.82, 2.24) is 20.0 Å². The van der Waals surface area contributed by atoms with Gasteiger partial charge in [0.1, 0.15) is 0 Å². The highest BCUT2D eigenvalue weighted by Crippen LogP contribution is 2.38. The number of hydrogen-bond donors (Lipinski definition) is 1. The molecule has 0 unspecified atom stereocenters. The number of allylic oxidation sites excluding steroid dienone is 1. The number of amides is 2. The van der Waals surface area contributed by atoms with Crippen molar-refractivity contribution < 1.29 is 9.59 Å². The van der Waals surface area contributed by atoms with Crippen LogP contribution in [0.15, 0.2) is 17.8 Å². The third-order valence-electron chi connectivity index (χ3n) is 5.65. The average Bonchev–Trinajstić information content (AvgIpc) is 3.09. The van der Waals surface area contributed by atoms with Crippen LogP contribution in [0.1, 0.15) is 55.8 Å². The lowest BCUT2D eigenvalue weighted by atomic mass is 9.93. The predicted molar refractivity (Wildman–Crippen MR) is 95.7 cm³/mol. The number of aryl methyl sites for hydroxylation is 1. The van der Waals surface area contributed by atoms with Crippen LogP contribution in [-0.2, 0) is 16.6 Å². The van der Waals surface area contributed by atoms with Gasteiger partial charge in [-0.1, -0.05) is 11.6 Å². The van der Waals surface area contributed by atoms with Crippen molar-refractivity contribution in [2.24, 2.45) is 13.0 Å². The molecular weight excluding hydrogens is 316 g/mol. The molecule has 1 aliphatic heterocycles. The third-order valence-corrected chi connectivity index (χ3v) is 5.65. The van der Waals surface area contributed by atoms with Crippen molar-refractivity contribution >= 4 is 11.8 Å². The maximum atomic E-state index is 12.7. The van der Waals surface area contributed by atoms with Gasteiger partial charge in [0.05, 0.1) is 18.2 Å². The zero-order valence-corrected chi connectivity index (χ0v) is 15.4. The summed E-state index contributed by atoms with van der Waals surface area (Å²) in [5, 5.41) is 7.33. The van der Waals surface area contributed by atoms with Crippen molar-refractivity contribution in [3.05, 3.63) is 29.1 Å². The molecule has 1 N–H and O–H groups in total. The molecule has 1 aromatic heterocycles. The Morgan fingerprint density at radius 2 is 2.16 bits per heavy atom. The molecule has 0 aromatic carbocycles. The lowest BCUT2D eigenvalue weighted by Gasteiger charge is -2.24. The molecule has 0 saturated carbocycles. The quantitative estimate of drug-likeness (QED) is 0.833. The fourth-order valence-corrected chi connectivity index (χ4v) is 3.95. The molecule has 0 radical (unpaired) electrons. The molecule has 2 aliphatic rings. The third kappa shape index (κ3) is 3.62. The van der Waals surface area contributed by atoms with Crippen molar-refractivity contribution in [1.29, 1.82) is 0 Å². The van der Waals surface area contributed by atoms with E-state index < -0.39 is 0 Å². The number of nitrogens with one attached hydrogen (secondary N) is 1. The molecule has 6 heteroatoms. The number of aromatic nitrogens is 2. The van der Waals surface area contributed by atoms with E-state index in [0.717, 1.165) is 30.5 Å². The summed E-state index contributed by atoms with van der Waals surface area (Å²) in [5.41, 5.74) is 3.41. The van der Waals surface area contributed by atoms with Crippen molar-refractivity contribution in [2.45, 2.75) is 51.5 Å². The van der Waals surface area contributed by atoms with Gasteiger partial charge in [-0.2, -0.15) is 5.10 Å². The fraction of sp³-hybridized carbons (Fsp3) is 0.632. The van der Waals surface area contributed by atoms with E-state index in [2.05, 4.69) is 16.5 Å². The van der Waals surface area contributed by atoms with Gasteiger partial charge in [-0.05, 0) is 39.0 Å². The average molecular weight is 344 g/mol. The number of likely N-dealkylation sites (tertiary alicyclic amines) is 1. The number of carbonyl (C=O) groups excluding carboxylic acids is 2. The van der Waals surface area contributed by atoms with Crippen LogP contribution >= 0.6 is 0 Å². The summed E-state index contributed by atoms with van der Waals surface area (Å²) < 4.78 is 1.79. The van der Waals surface area contributed by atoms with Crippen LogP contribution in [0.25, 0.3) is 0 Å². The van der Waals surface area contributed by atoms with Gasteiger partial charge in [0.15, 0.2) is 0 Å². The van der Waals surface area contributed by atoms with E-state index in [0.29, 0.717) is 6.54 Å². The molecule has 1 aromatic rings. The van der Waals surface area contributed by atoms with E-state index in [1.54, 1.807) is 22.8 Å². The minimum atomic E-state index is -0.347.